The number of carbonyl (C=O) groups excluding carboxylic acids is 2. The first kappa shape index (κ1) is 18.2. The minimum absolute atomic E-state index is 0.00247. The molecule has 2 bridgehead atoms. The number of methoxy groups -OCH3 is 1. The van der Waals surface area contributed by atoms with Crippen molar-refractivity contribution in [2.24, 2.45) is 32.6 Å². The maximum absolute atomic E-state index is 13.4. The Balaban J connectivity index is 2.28. The molecule has 2 N–H and O–H groups in total. The molecule has 3 rings (SSSR count). The lowest BCUT2D eigenvalue weighted by Crippen LogP contribution is -2.56. The Morgan fingerprint density at radius 1 is 1.08 bits per heavy atom. The summed E-state index contributed by atoms with van der Waals surface area (Å²) in [6.45, 7) is 10.6. The van der Waals surface area contributed by atoms with Gasteiger partial charge in [0.2, 0.25) is 5.78 Å². The number of esters is 1. The molecule has 1 saturated carbocycles. The molecule has 0 aromatic carbocycles. The molecule has 0 aromatic heterocycles. The first-order valence-electron chi connectivity index (χ1n) is 9.04. The largest absolute Gasteiger partial charge is 0.468 e. The number of nitrogens with zero attached hydrogens (tertiary/aromatic N) is 1. The predicted molar refractivity (Wildman–Crippen MR) is 96.9 cm³/mol. The Morgan fingerprint density at radius 3 is 2.28 bits per heavy atom. The van der Waals surface area contributed by atoms with Crippen molar-refractivity contribution in [3.05, 3.63) is 11.1 Å². The number of Topliss-reactive ketones (excluding diaryl/α,β-unsaturated/α-hetero) is 1. The number of nitrogens with two attached hydrogens (primary N) is 1. The van der Waals surface area contributed by atoms with E-state index < -0.39 is 10.8 Å². The lowest BCUT2D eigenvalue weighted by atomic mass is 9.45. The Hall–Kier alpha value is -1.65. The molecule has 5 nitrogen and oxygen atoms in total. The van der Waals surface area contributed by atoms with Crippen molar-refractivity contribution < 1.29 is 14.3 Å². The van der Waals surface area contributed by atoms with E-state index >= 15 is 0 Å². The third-order valence-electron chi connectivity index (χ3n) is 6.33. The second kappa shape index (κ2) is 5.18. The summed E-state index contributed by atoms with van der Waals surface area (Å²) in [5, 5.41) is 3.83. The van der Waals surface area contributed by atoms with Crippen LogP contribution >= 0.6 is 0 Å². The van der Waals surface area contributed by atoms with Gasteiger partial charge in [-0.1, -0.05) is 40.2 Å². The van der Waals surface area contributed by atoms with Crippen LogP contribution in [-0.2, 0) is 14.3 Å². The van der Waals surface area contributed by atoms with Crippen LogP contribution < -0.4 is 5.84 Å². The lowest BCUT2D eigenvalue weighted by Gasteiger charge is -2.57. The molecule has 0 saturated heterocycles. The van der Waals surface area contributed by atoms with Crippen molar-refractivity contribution in [3.8, 4) is 0 Å². The zero-order valence-corrected chi connectivity index (χ0v) is 16.3. The lowest BCUT2D eigenvalue weighted by molar-refractivity contribution is -0.161. The number of ether oxygens (including phenoxy) is 1. The fraction of sp³-hybridized carbons (Fsp3) is 0.750. The van der Waals surface area contributed by atoms with Gasteiger partial charge in [0.15, 0.2) is 0 Å². The molecule has 5 heteroatoms. The zero-order chi connectivity index (χ0) is 18.8. The number of hydrazone groups is 1. The molecular formula is C20H30N2O3. The van der Waals surface area contributed by atoms with Gasteiger partial charge in [-0.3, -0.25) is 9.59 Å². The Labute approximate surface area is 150 Å². The summed E-state index contributed by atoms with van der Waals surface area (Å²) in [5.41, 5.74) is 0.809. The number of rotatable bonds is 1. The first-order chi connectivity index (χ1) is 11.4. The van der Waals surface area contributed by atoms with Crippen molar-refractivity contribution in [1.82, 2.24) is 0 Å². The van der Waals surface area contributed by atoms with Gasteiger partial charge in [0.05, 0.1) is 12.5 Å². The highest BCUT2D eigenvalue weighted by Gasteiger charge is 2.62. The summed E-state index contributed by atoms with van der Waals surface area (Å²) in [5.74, 6) is 5.14. The number of fused-ring (bicyclic) bond motifs is 3. The van der Waals surface area contributed by atoms with E-state index in [9.17, 15) is 9.59 Å². The molecule has 0 unspecified atom stereocenters. The maximum Gasteiger partial charge on any atom is 0.316 e. The van der Waals surface area contributed by atoms with E-state index in [1.54, 1.807) is 0 Å². The molecule has 0 aromatic rings. The standard InChI is InChI=1S/C20H30N2O3/c1-17(2)9-19(5)8-12-7-18(3,4)15(22-21)14(23)13(12)20(10-17,11-19)16(24)25-6/h7-11,21H2,1-6H3/t19-,20-/m1/s1. The Kier molecular flexibility index (Phi) is 3.76. The number of carbonyl (C=O) groups is 2. The van der Waals surface area contributed by atoms with Gasteiger partial charge in [-0.15, -0.1) is 0 Å². The first-order valence-corrected chi connectivity index (χ1v) is 9.04. The van der Waals surface area contributed by atoms with Gasteiger partial charge in [0.25, 0.3) is 0 Å². The molecule has 0 aliphatic heterocycles. The molecule has 0 heterocycles. The van der Waals surface area contributed by atoms with Crippen LogP contribution in [-0.4, -0.2) is 24.6 Å². The maximum atomic E-state index is 13.4. The quantitative estimate of drug-likeness (QED) is 0.448. The van der Waals surface area contributed by atoms with Crippen LogP contribution in [0.5, 0.6) is 0 Å². The van der Waals surface area contributed by atoms with Crippen LogP contribution in [0.1, 0.15) is 66.7 Å². The van der Waals surface area contributed by atoms with Gasteiger partial charge in [-0.25, -0.2) is 0 Å². The Bertz CT molecular complexity index is 716. The smallest absolute Gasteiger partial charge is 0.316 e. The van der Waals surface area contributed by atoms with Gasteiger partial charge < -0.3 is 10.6 Å². The van der Waals surface area contributed by atoms with E-state index in [0.29, 0.717) is 24.1 Å². The summed E-state index contributed by atoms with van der Waals surface area (Å²) in [6.07, 6.45) is 3.92. The SMILES string of the molecule is COC(=O)[C@@]12CC(C)(C)C[C@@](C)(CC3=C1C(=O)C(=NN)C(C)(C)C3)C2. The van der Waals surface area contributed by atoms with E-state index in [2.05, 4.69) is 25.9 Å². The van der Waals surface area contributed by atoms with Gasteiger partial charge in [0.1, 0.15) is 5.71 Å². The highest BCUT2D eigenvalue weighted by Crippen LogP contribution is 2.65. The van der Waals surface area contributed by atoms with Gasteiger partial charge in [-0.2, -0.15) is 5.10 Å². The van der Waals surface area contributed by atoms with Crippen LogP contribution in [0.4, 0.5) is 0 Å². The minimum Gasteiger partial charge on any atom is -0.468 e. The minimum atomic E-state index is -0.873. The van der Waals surface area contributed by atoms with E-state index in [0.717, 1.165) is 24.8 Å². The third kappa shape index (κ3) is 2.54. The second-order valence-corrected chi connectivity index (χ2v) is 10.1. The molecule has 3 aliphatic carbocycles. The molecule has 1 fully saturated rings. The third-order valence-corrected chi connectivity index (χ3v) is 6.33. The van der Waals surface area contributed by atoms with E-state index in [-0.39, 0.29) is 22.6 Å². The van der Waals surface area contributed by atoms with E-state index in [4.69, 9.17) is 10.6 Å². The van der Waals surface area contributed by atoms with Crippen LogP contribution in [0.15, 0.2) is 16.2 Å². The fourth-order valence-electron chi connectivity index (χ4n) is 6.38. The molecule has 0 radical (unpaired) electrons. The molecule has 2 atom stereocenters. The van der Waals surface area contributed by atoms with Crippen LogP contribution in [0.3, 0.4) is 0 Å². The van der Waals surface area contributed by atoms with Crippen LogP contribution in [0, 0.1) is 21.7 Å². The summed E-state index contributed by atoms with van der Waals surface area (Å²) in [6, 6.07) is 0. The highest BCUT2D eigenvalue weighted by molar-refractivity contribution is 6.49. The average Bonchev–Trinajstić information content (AvgIpc) is 2.41. The predicted octanol–water partition coefficient (Wildman–Crippen LogP) is 3.38. The monoisotopic (exact) mass is 346 g/mol. The summed E-state index contributed by atoms with van der Waals surface area (Å²) in [7, 11) is 1.42. The molecule has 0 amide bonds. The van der Waals surface area contributed by atoms with Crippen molar-refractivity contribution in [3.63, 3.8) is 0 Å². The van der Waals surface area contributed by atoms with Gasteiger partial charge in [-0.05, 0) is 42.9 Å². The zero-order valence-electron chi connectivity index (χ0n) is 16.3. The number of hydrogen-bond donors (Lipinski definition) is 1. The highest BCUT2D eigenvalue weighted by atomic mass is 16.5. The number of hydrogen-bond acceptors (Lipinski definition) is 5. The van der Waals surface area contributed by atoms with Gasteiger partial charge >= 0.3 is 5.97 Å². The topological polar surface area (TPSA) is 81.8 Å². The summed E-state index contributed by atoms with van der Waals surface area (Å²) < 4.78 is 5.23. The average molecular weight is 346 g/mol. The summed E-state index contributed by atoms with van der Waals surface area (Å²) in [4.78, 5) is 26.4. The number of allylic oxidation sites excluding steroid dienone is 1. The normalized spacial score (nSPS) is 37.7. The molecule has 0 spiro atoms. The van der Waals surface area contributed by atoms with E-state index in [1.165, 1.54) is 7.11 Å². The second-order valence-electron chi connectivity index (χ2n) is 10.1. The van der Waals surface area contributed by atoms with Crippen LogP contribution in [0.25, 0.3) is 0 Å². The summed E-state index contributed by atoms with van der Waals surface area (Å²) >= 11 is 0. The number of ketones is 1. The molecule has 25 heavy (non-hydrogen) atoms. The molecular weight excluding hydrogens is 316 g/mol. The van der Waals surface area contributed by atoms with Crippen molar-refractivity contribution in [1.29, 1.82) is 0 Å². The van der Waals surface area contributed by atoms with Crippen molar-refractivity contribution >= 4 is 17.5 Å². The van der Waals surface area contributed by atoms with Crippen molar-refractivity contribution in [2.75, 3.05) is 7.11 Å². The van der Waals surface area contributed by atoms with Crippen LogP contribution in [0.2, 0.25) is 0 Å². The molecule has 138 valence electrons. The molecule has 3 aliphatic rings. The Morgan fingerprint density at radius 2 is 1.72 bits per heavy atom. The van der Waals surface area contributed by atoms with Crippen molar-refractivity contribution in [2.45, 2.75) is 66.7 Å². The fourth-order valence-corrected chi connectivity index (χ4v) is 6.38. The van der Waals surface area contributed by atoms with Gasteiger partial charge in [0, 0.05) is 11.0 Å². The van der Waals surface area contributed by atoms with E-state index in [1.807, 2.05) is 13.8 Å².